The van der Waals surface area contributed by atoms with Gasteiger partial charge in [0.05, 0.1) is 11.3 Å². The van der Waals surface area contributed by atoms with Gasteiger partial charge in [-0.25, -0.2) is 4.79 Å². The number of hydrogen-bond acceptors (Lipinski definition) is 5. The summed E-state index contributed by atoms with van der Waals surface area (Å²) in [6, 6.07) is 11.1. The van der Waals surface area contributed by atoms with E-state index in [0.29, 0.717) is 5.75 Å². The van der Waals surface area contributed by atoms with Crippen LogP contribution in [0.1, 0.15) is 10.4 Å². The number of rotatable bonds is 6. The van der Waals surface area contributed by atoms with E-state index < -0.39 is 11.9 Å². The standard InChI is InChI=1S/C18H14N2O4S/c21-17(20-16-11-25-10-15(16)18(22)23)9-24-14-3-1-12(2-4-14)13-5-7-19-8-6-13/h1-8,10-11H,9H2,(H,20,21)(H,22,23). The van der Waals surface area contributed by atoms with Crippen molar-refractivity contribution >= 4 is 28.9 Å². The largest absolute Gasteiger partial charge is 0.484 e. The van der Waals surface area contributed by atoms with E-state index in [4.69, 9.17) is 9.84 Å². The summed E-state index contributed by atoms with van der Waals surface area (Å²) in [6.07, 6.45) is 3.44. The van der Waals surface area contributed by atoms with Gasteiger partial charge in [0.25, 0.3) is 5.91 Å². The van der Waals surface area contributed by atoms with Crippen LogP contribution in [0.3, 0.4) is 0 Å². The summed E-state index contributed by atoms with van der Waals surface area (Å²) in [7, 11) is 0. The molecule has 3 rings (SSSR count). The first-order valence-corrected chi connectivity index (χ1v) is 8.30. The molecule has 0 spiro atoms. The van der Waals surface area contributed by atoms with Crippen LogP contribution in [-0.4, -0.2) is 28.6 Å². The van der Waals surface area contributed by atoms with Crippen LogP contribution in [0.25, 0.3) is 11.1 Å². The van der Waals surface area contributed by atoms with E-state index in [1.165, 1.54) is 16.7 Å². The molecule has 0 fully saturated rings. The highest BCUT2D eigenvalue weighted by molar-refractivity contribution is 7.08. The molecule has 25 heavy (non-hydrogen) atoms. The van der Waals surface area contributed by atoms with Gasteiger partial charge in [-0.05, 0) is 35.4 Å². The van der Waals surface area contributed by atoms with E-state index in [1.807, 2.05) is 24.3 Å². The fourth-order valence-corrected chi connectivity index (χ4v) is 2.94. The summed E-state index contributed by atoms with van der Waals surface area (Å²) in [5.74, 6) is -0.944. The number of nitrogens with zero attached hydrogens (tertiary/aromatic N) is 1. The fourth-order valence-electron chi connectivity index (χ4n) is 2.18. The molecule has 0 radical (unpaired) electrons. The minimum atomic E-state index is -1.08. The second kappa shape index (κ2) is 7.59. The number of hydrogen-bond donors (Lipinski definition) is 2. The number of ether oxygens (including phenoxy) is 1. The summed E-state index contributed by atoms with van der Waals surface area (Å²) in [5, 5.41) is 14.6. The number of carboxylic acids is 1. The van der Waals surface area contributed by atoms with Crippen LogP contribution >= 0.6 is 11.3 Å². The molecule has 0 aliphatic carbocycles. The molecule has 0 saturated heterocycles. The first-order valence-electron chi connectivity index (χ1n) is 7.36. The Labute approximate surface area is 147 Å². The maximum Gasteiger partial charge on any atom is 0.338 e. The van der Waals surface area contributed by atoms with Gasteiger partial charge in [-0.2, -0.15) is 0 Å². The lowest BCUT2D eigenvalue weighted by Crippen LogP contribution is -2.21. The molecule has 0 aliphatic heterocycles. The monoisotopic (exact) mass is 354 g/mol. The lowest BCUT2D eigenvalue weighted by Gasteiger charge is -2.08. The molecule has 0 bridgehead atoms. The quantitative estimate of drug-likeness (QED) is 0.707. The van der Waals surface area contributed by atoms with Gasteiger partial charge in [-0.1, -0.05) is 12.1 Å². The van der Waals surface area contributed by atoms with Gasteiger partial charge in [0.15, 0.2) is 6.61 Å². The van der Waals surface area contributed by atoms with E-state index in [1.54, 1.807) is 29.9 Å². The predicted molar refractivity (Wildman–Crippen MR) is 95.1 cm³/mol. The van der Waals surface area contributed by atoms with Crippen molar-refractivity contribution in [3.8, 4) is 16.9 Å². The van der Waals surface area contributed by atoms with E-state index in [2.05, 4.69) is 10.3 Å². The third-order valence-electron chi connectivity index (χ3n) is 3.40. The van der Waals surface area contributed by atoms with Crippen molar-refractivity contribution in [2.75, 3.05) is 11.9 Å². The zero-order chi connectivity index (χ0) is 17.6. The van der Waals surface area contributed by atoms with E-state index in [0.717, 1.165) is 11.1 Å². The van der Waals surface area contributed by atoms with Crippen molar-refractivity contribution in [1.82, 2.24) is 4.98 Å². The topological polar surface area (TPSA) is 88.5 Å². The van der Waals surface area contributed by atoms with Crippen LogP contribution in [-0.2, 0) is 4.79 Å². The molecule has 0 unspecified atom stereocenters. The number of nitrogens with one attached hydrogen (secondary N) is 1. The predicted octanol–water partition coefficient (Wildman–Crippen LogP) is 3.53. The number of pyridine rings is 1. The normalized spacial score (nSPS) is 10.2. The van der Waals surface area contributed by atoms with Gasteiger partial charge in [-0.15, -0.1) is 11.3 Å². The molecule has 126 valence electrons. The second-order valence-electron chi connectivity index (χ2n) is 5.10. The average Bonchev–Trinajstić information content (AvgIpc) is 3.09. The minimum Gasteiger partial charge on any atom is -0.484 e. The SMILES string of the molecule is O=C(COc1ccc(-c2ccncc2)cc1)Nc1cscc1C(=O)O. The maximum atomic E-state index is 11.9. The Morgan fingerprint density at radius 1 is 1.04 bits per heavy atom. The molecule has 2 aromatic heterocycles. The van der Waals surface area contributed by atoms with Crippen LogP contribution < -0.4 is 10.1 Å². The molecule has 0 atom stereocenters. The molecule has 2 heterocycles. The summed E-state index contributed by atoms with van der Waals surface area (Å²) < 4.78 is 5.44. The van der Waals surface area contributed by atoms with Crippen molar-refractivity contribution in [2.24, 2.45) is 0 Å². The van der Waals surface area contributed by atoms with Crippen molar-refractivity contribution in [3.63, 3.8) is 0 Å². The lowest BCUT2D eigenvalue weighted by atomic mass is 10.1. The molecule has 1 amide bonds. The fraction of sp³-hybridized carbons (Fsp3) is 0.0556. The van der Waals surface area contributed by atoms with Gasteiger partial charge in [-0.3, -0.25) is 9.78 Å². The maximum absolute atomic E-state index is 11.9. The molecule has 6 nitrogen and oxygen atoms in total. The summed E-state index contributed by atoms with van der Waals surface area (Å²) in [5.41, 5.74) is 2.40. The van der Waals surface area contributed by atoms with Crippen molar-refractivity contribution in [1.29, 1.82) is 0 Å². The Kier molecular flexibility index (Phi) is 5.06. The average molecular weight is 354 g/mol. The Morgan fingerprint density at radius 2 is 1.72 bits per heavy atom. The molecular weight excluding hydrogens is 340 g/mol. The number of carbonyl (C=O) groups is 2. The van der Waals surface area contributed by atoms with E-state index in [-0.39, 0.29) is 17.9 Å². The molecule has 0 aliphatic rings. The number of aromatic nitrogens is 1. The van der Waals surface area contributed by atoms with Crippen molar-refractivity contribution < 1.29 is 19.4 Å². The van der Waals surface area contributed by atoms with Crippen LogP contribution in [0.5, 0.6) is 5.75 Å². The first kappa shape index (κ1) is 16.7. The summed E-state index contributed by atoms with van der Waals surface area (Å²) in [6.45, 7) is -0.205. The zero-order valence-corrected chi connectivity index (χ0v) is 13.8. The molecule has 2 N–H and O–H groups in total. The molecule has 3 aromatic rings. The lowest BCUT2D eigenvalue weighted by molar-refractivity contribution is -0.118. The number of carboxylic acid groups (broad SMARTS) is 1. The summed E-state index contributed by atoms with van der Waals surface area (Å²) >= 11 is 1.21. The van der Waals surface area contributed by atoms with Gasteiger partial charge in [0.2, 0.25) is 0 Å². The highest BCUT2D eigenvalue weighted by atomic mass is 32.1. The van der Waals surface area contributed by atoms with Crippen molar-refractivity contribution in [3.05, 3.63) is 65.1 Å². The summed E-state index contributed by atoms with van der Waals surface area (Å²) in [4.78, 5) is 26.9. The third kappa shape index (κ3) is 4.21. The molecule has 1 aromatic carbocycles. The second-order valence-corrected chi connectivity index (χ2v) is 5.84. The van der Waals surface area contributed by atoms with Crippen molar-refractivity contribution in [2.45, 2.75) is 0 Å². The smallest absolute Gasteiger partial charge is 0.338 e. The Morgan fingerprint density at radius 3 is 2.40 bits per heavy atom. The van der Waals surface area contributed by atoms with Gasteiger partial charge >= 0.3 is 5.97 Å². The number of amides is 1. The molecule has 0 saturated carbocycles. The van der Waals surface area contributed by atoms with E-state index in [9.17, 15) is 9.59 Å². The highest BCUT2D eigenvalue weighted by Gasteiger charge is 2.13. The van der Waals surface area contributed by atoms with Crippen LogP contribution in [0.15, 0.2) is 59.6 Å². The number of aromatic carboxylic acids is 1. The Balaban J connectivity index is 1.57. The number of anilines is 1. The first-order chi connectivity index (χ1) is 12.1. The Hall–Kier alpha value is -3.19. The van der Waals surface area contributed by atoms with E-state index >= 15 is 0 Å². The third-order valence-corrected chi connectivity index (χ3v) is 4.15. The van der Waals surface area contributed by atoms with Crippen LogP contribution in [0.4, 0.5) is 5.69 Å². The molecule has 7 heteroatoms. The molecular formula is C18H14N2O4S. The number of thiophene rings is 1. The number of benzene rings is 1. The van der Waals surface area contributed by atoms with Gasteiger partial charge < -0.3 is 15.2 Å². The Bertz CT molecular complexity index is 876. The zero-order valence-electron chi connectivity index (χ0n) is 13.0. The van der Waals surface area contributed by atoms with Gasteiger partial charge in [0.1, 0.15) is 5.75 Å². The van der Waals surface area contributed by atoms with Crippen LogP contribution in [0, 0.1) is 0 Å². The highest BCUT2D eigenvalue weighted by Crippen LogP contribution is 2.22. The van der Waals surface area contributed by atoms with Gasteiger partial charge in [0, 0.05) is 23.2 Å². The van der Waals surface area contributed by atoms with Crippen LogP contribution in [0.2, 0.25) is 0 Å². The number of carbonyl (C=O) groups excluding carboxylic acids is 1. The minimum absolute atomic E-state index is 0.0695.